The molecule has 2 nitrogen and oxygen atoms in total. The molecule has 1 saturated carbocycles. The van der Waals surface area contributed by atoms with Crippen molar-refractivity contribution in [1.29, 1.82) is 0 Å². The van der Waals surface area contributed by atoms with Crippen molar-refractivity contribution in [3.63, 3.8) is 0 Å². The van der Waals surface area contributed by atoms with E-state index in [2.05, 4.69) is 19.2 Å². The van der Waals surface area contributed by atoms with Crippen molar-refractivity contribution in [1.82, 2.24) is 5.32 Å². The van der Waals surface area contributed by atoms with E-state index in [-0.39, 0.29) is 6.10 Å². The summed E-state index contributed by atoms with van der Waals surface area (Å²) in [5.41, 5.74) is 0. The van der Waals surface area contributed by atoms with E-state index in [0.717, 1.165) is 13.0 Å². The van der Waals surface area contributed by atoms with Gasteiger partial charge in [0.05, 0.1) is 6.10 Å². The molecule has 1 rings (SSSR count). The van der Waals surface area contributed by atoms with Gasteiger partial charge in [0.2, 0.25) is 0 Å². The summed E-state index contributed by atoms with van der Waals surface area (Å²) < 4.78 is 0. The topological polar surface area (TPSA) is 32.3 Å². The zero-order chi connectivity index (χ0) is 10.4. The predicted octanol–water partition coefficient (Wildman–Crippen LogP) is 2.32. The fourth-order valence-electron chi connectivity index (χ4n) is 2.27. The molecular weight excluding hydrogens is 174 g/mol. The van der Waals surface area contributed by atoms with E-state index in [9.17, 15) is 5.11 Å². The molecule has 0 aromatic heterocycles. The van der Waals surface area contributed by atoms with E-state index in [1.165, 1.54) is 32.1 Å². The van der Waals surface area contributed by atoms with Gasteiger partial charge in [-0.15, -0.1) is 0 Å². The van der Waals surface area contributed by atoms with E-state index >= 15 is 0 Å². The number of aliphatic hydroxyl groups is 1. The second-order valence-electron chi connectivity index (χ2n) is 4.72. The quantitative estimate of drug-likeness (QED) is 0.688. The fraction of sp³-hybridized carbons (Fsp3) is 1.00. The molecule has 2 heteroatoms. The lowest BCUT2D eigenvalue weighted by molar-refractivity contribution is 0.107. The molecule has 0 bridgehead atoms. The average molecular weight is 199 g/mol. The Morgan fingerprint density at radius 3 is 2.57 bits per heavy atom. The van der Waals surface area contributed by atoms with Gasteiger partial charge in [-0.25, -0.2) is 0 Å². The lowest BCUT2D eigenvalue weighted by Gasteiger charge is -2.21. The van der Waals surface area contributed by atoms with E-state index < -0.39 is 0 Å². The van der Waals surface area contributed by atoms with Crippen LogP contribution in [0.25, 0.3) is 0 Å². The highest BCUT2D eigenvalue weighted by molar-refractivity contribution is 4.76. The molecule has 2 unspecified atom stereocenters. The number of hydrogen-bond acceptors (Lipinski definition) is 2. The van der Waals surface area contributed by atoms with Crippen molar-refractivity contribution in [3.05, 3.63) is 0 Å². The van der Waals surface area contributed by atoms with Crippen LogP contribution in [0.15, 0.2) is 0 Å². The lowest BCUT2D eigenvalue weighted by atomic mass is 9.99. The third kappa shape index (κ3) is 3.97. The number of aliphatic hydroxyl groups excluding tert-OH is 1. The molecule has 0 amide bonds. The van der Waals surface area contributed by atoms with E-state index in [1.807, 2.05) is 0 Å². The molecule has 0 radical (unpaired) electrons. The normalized spacial score (nSPS) is 22.5. The standard InChI is InChI=1S/C12H25NO/c1-3-6-10(2)12(14)9-13-11-7-4-5-8-11/h10-14H,3-9H2,1-2H3. The average Bonchev–Trinajstić information content (AvgIpc) is 2.67. The SMILES string of the molecule is CCCC(C)C(O)CNC1CCCC1. The zero-order valence-corrected chi connectivity index (χ0v) is 9.63. The number of hydrogen-bond donors (Lipinski definition) is 2. The van der Waals surface area contributed by atoms with Gasteiger partial charge in [-0.2, -0.15) is 0 Å². The van der Waals surface area contributed by atoms with E-state index in [1.54, 1.807) is 0 Å². The van der Waals surface area contributed by atoms with Crippen LogP contribution in [-0.4, -0.2) is 23.8 Å². The third-order valence-corrected chi connectivity index (χ3v) is 3.37. The third-order valence-electron chi connectivity index (χ3n) is 3.37. The van der Waals surface area contributed by atoms with Gasteiger partial charge in [-0.1, -0.05) is 33.1 Å². The molecule has 0 aromatic rings. The summed E-state index contributed by atoms with van der Waals surface area (Å²) in [6.07, 6.45) is 7.46. The Morgan fingerprint density at radius 1 is 1.36 bits per heavy atom. The van der Waals surface area contributed by atoms with Crippen molar-refractivity contribution < 1.29 is 5.11 Å². The summed E-state index contributed by atoms with van der Waals surface area (Å²) in [7, 11) is 0. The second-order valence-corrected chi connectivity index (χ2v) is 4.72. The Kier molecular flexibility index (Phi) is 5.49. The Hall–Kier alpha value is -0.0800. The minimum absolute atomic E-state index is 0.157. The molecule has 0 spiro atoms. The molecule has 0 heterocycles. The Morgan fingerprint density at radius 2 is 2.00 bits per heavy atom. The molecule has 2 N–H and O–H groups in total. The van der Waals surface area contributed by atoms with Crippen LogP contribution in [-0.2, 0) is 0 Å². The first-order valence-electron chi connectivity index (χ1n) is 6.15. The Balaban J connectivity index is 2.09. The van der Waals surface area contributed by atoms with Crippen molar-refractivity contribution >= 4 is 0 Å². The molecule has 0 aromatic carbocycles. The molecular formula is C12H25NO. The van der Waals surface area contributed by atoms with Crippen LogP contribution in [0.4, 0.5) is 0 Å². The molecule has 84 valence electrons. The minimum atomic E-state index is -0.157. The monoisotopic (exact) mass is 199 g/mol. The highest BCUT2D eigenvalue weighted by Gasteiger charge is 2.18. The number of nitrogens with one attached hydrogen (secondary N) is 1. The maximum atomic E-state index is 9.85. The zero-order valence-electron chi connectivity index (χ0n) is 9.63. The highest BCUT2D eigenvalue weighted by atomic mass is 16.3. The maximum absolute atomic E-state index is 9.85. The highest BCUT2D eigenvalue weighted by Crippen LogP contribution is 2.18. The summed E-state index contributed by atoms with van der Waals surface area (Å²) >= 11 is 0. The van der Waals surface area contributed by atoms with Gasteiger partial charge >= 0.3 is 0 Å². The molecule has 2 atom stereocenters. The molecule has 1 fully saturated rings. The van der Waals surface area contributed by atoms with Gasteiger partial charge in [0.15, 0.2) is 0 Å². The Bertz CT molecular complexity index is 143. The summed E-state index contributed by atoms with van der Waals surface area (Å²) in [4.78, 5) is 0. The van der Waals surface area contributed by atoms with Gasteiger partial charge in [0.25, 0.3) is 0 Å². The van der Waals surface area contributed by atoms with E-state index in [0.29, 0.717) is 12.0 Å². The summed E-state index contributed by atoms with van der Waals surface area (Å²) in [6.45, 7) is 5.10. The summed E-state index contributed by atoms with van der Waals surface area (Å²) in [6, 6.07) is 0.679. The molecule has 14 heavy (non-hydrogen) atoms. The second kappa shape index (κ2) is 6.41. The van der Waals surface area contributed by atoms with Gasteiger partial charge < -0.3 is 10.4 Å². The van der Waals surface area contributed by atoms with Crippen LogP contribution < -0.4 is 5.32 Å². The summed E-state index contributed by atoms with van der Waals surface area (Å²) in [5, 5.41) is 13.3. The maximum Gasteiger partial charge on any atom is 0.0690 e. The van der Waals surface area contributed by atoms with Crippen LogP contribution in [0.5, 0.6) is 0 Å². The molecule has 1 aliphatic rings. The van der Waals surface area contributed by atoms with Crippen LogP contribution in [0.3, 0.4) is 0 Å². The molecule has 0 saturated heterocycles. The smallest absolute Gasteiger partial charge is 0.0690 e. The van der Waals surface area contributed by atoms with Gasteiger partial charge in [-0.3, -0.25) is 0 Å². The van der Waals surface area contributed by atoms with Gasteiger partial charge in [0, 0.05) is 12.6 Å². The van der Waals surface area contributed by atoms with Gasteiger partial charge in [-0.05, 0) is 25.2 Å². The first kappa shape index (κ1) is 12.0. The first-order valence-corrected chi connectivity index (χ1v) is 6.15. The van der Waals surface area contributed by atoms with Crippen molar-refractivity contribution in [2.45, 2.75) is 64.5 Å². The van der Waals surface area contributed by atoms with Crippen molar-refractivity contribution in [2.24, 2.45) is 5.92 Å². The molecule has 0 aliphatic heterocycles. The van der Waals surface area contributed by atoms with Crippen molar-refractivity contribution in [2.75, 3.05) is 6.54 Å². The van der Waals surface area contributed by atoms with Crippen LogP contribution >= 0.6 is 0 Å². The number of rotatable bonds is 6. The van der Waals surface area contributed by atoms with Crippen LogP contribution in [0, 0.1) is 5.92 Å². The van der Waals surface area contributed by atoms with Crippen LogP contribution in [0.2, 0.25) is 0 Å². The lowest BCUT2D eigenvalue weighted by Crippen LogP contribution is -2.36. The Labute approximate surface area is 88.1 Å². The first-order chi connectivity index (χ1) is 6.74. The van der Waals surface area contributed by atoms with Gasteiger partial charge in [0.1, 0.15) is 0 Å². The van der Waals surface area contributed by atoms with Crippen LogP contribution in [0.1, 0.15) is 52.4 Å². The molecule has 1 aliphatic carbocycles. The minimum Gasteiger partial charge on any atom is -0.392 e. The van der Waals surface area contributed by atoms with E-state index in [4.69, 9.17) is 0 Å². The predicted molar refractivity (Wildman–Crippen MR) is 60.3 cm³/mol. The largest absolute Gasteiger partial charge is 0.392 e. The summed E-state index contributed by atoms with van der Waals surface area (Å²) in [5.74, 6) is 0.439. The van der Waals surface area contributed by atoms with Crippen molar-refractivity contribution in [3.8, 4) is 0 Å². The fourth-order valence-corrected chi connectivity index (χ4v) is 2.27.